The lowest BCUT2D eigenvalue weighted by Crippen LogP contribution is -2.26. The van der Waals surface area contributed by atoms with Gasteiger partial charge < -0.3 is 19.8 Å². The van der Waals surface area contributed by atoms with Crippen LogP contribution in [0.1, 0.15) is 38.5 Å². The summed E-state index contributed by atoms with van der Waals surface area (Å²) in [6, 6.07) is 13.6. The first-order valence-electron chi connectivity index (χ1n) is 9.91. The number of nitro groups is 1. The van der Waals surface area contributed by atoms with Gasteiger partial charge in [-0.15, -0.1) is 0 Å². The van der Waals surface area contributed by atoms with Gasteiger partial charge in [0, 0.05) is 36.2 Å². The number of para-hydroxylation sites is 1. The van der Waals surface area contributed by atoms with Gasteiger partial charge in [-0.2, -0.15) is 0 Å². The molecule has 0 fully saturated rings. The minimum absolute atomic E-state index is 0.0490. The Morgan fingerprint density at radius 2 is 2.00 bits per heavy atom. The van der Waals surface area contributed by atoms with Crippen LogP contribution in [0.25, 0.3) is 11.0 Å². The van der Waals surface area contributed by atoms with Crippen LogP contribution in [0.15, 0.2) is 52.9 Å². The van der Waals surface area contributed by atoms with Crippen LogP contribution in [0, 0.1) is 10.1 Å². The van der Waals surface area contributed by atoms with Gasteiger partial charge in [-0.1, -0.05) is 12.1 Å². The normalized spacial score (nSPS) is 11.8. The zero-order valence-electron chi connectivity index (χ0n) is 17.0. The molecule has 0 spiro atoms. The second-order valence-corrected chi connectivity index (χ2v) is 6.88. The van der Waals surface area contributed by atoms with E-state index in [2.05, 4.69) is 10.6 Å². The summed E-state index contributed by atoms with van der Waals surface area (Å²) in [6.45, 7) is 4.93. The highest BCUT2D eigenvalue weighted by Crippen LogP contribution is 2.31. The van der Waals surface area contributed by atoms with Gasteiger partial charge in [0.1, 0.15) is 5.76 Å². The van der Waals surface area contributed by atoms with E-state index >= 15 is 0 Å². The van der Waals surface area contributed by atoms with Crippen LogP contribution in [-0.2, 0) is 4.79 Å². The Bertz CT molecular complexity index is 1010. The molecule has 1 aromatic heterocycles. The Kier molecular flexibility index (Phi) is 6.90. The van der Waals surface area contributed by atoms with Crippen molar-refractivity contribution in [2.24, 2.45) is 0 Å². The van der Waals surface area contributed by atoms with Crippen LogP contribution >= 0.6 is 0 Å². The van der Waals surface area contributed by atoms with E-state index < -0.39 is 4.92 Å². The largest absolute Gasteiger partial charge is 0.490 e. The smallest absolute Gasteiger partial charge is 0.269 e. The number of carbonyl (C=O) groups is 1. The molecule has 1 unspecified atom stereocenters. The van der Waals surface area contributed by atoms with Crippen molar-refractivity contribution in [1.29, 1.82) is 0 Å². The number of fused-ring (bicyclic) bond motifs is 1. The standard InChI is InChI=1S/C22H25N3O5/c1-3-29-19-7-4-6-16-14-20(30-22(16)19)15(2)24-21(26)8-5-13-23-17-9-11-18(12-10-17)25(27)28/h4,6-7,9-12,14-15,23H,3,5,8,13H2,1-2H3,(H,24,26). The molecule has 0 saturated carbocycles. The van der Waals surface area contributed by atoms with Crippen molar-refractivity contribution in [3.05, 3.63) is 64.4 Å². The summed E-state index contributed by atoms with van der Waals surface area (Å²) in [5, 5.41) is 17.7. The highest BCUT2D eigenvalue weighted by molar-refractivity contribution is 5.84. The van der Waals surface area contributed by atoms with Crippen molar-refractivity contribution >= 4 is 28.3 Å². The third-order valence-electron chi connectivity index (χ3n) is 4.62. The average Bonchev–Trinajstić information content (AvgIpc) is 3.17. The van der Waals surface area contributed by atoms with Gasteiger partial charge in [-0.05, 0) is 44.5 Å². The maximum atomic E-state index is 12.3. The molecule has 158 valence electrons. The SMILES string of the molecule is CCOc1cccc2cc(C(C)NC(=O)CCCNc3ccc([N+](=O)[O-])cc3)oc12. The minimum atomic E-state index is -0.436. The van der Waals surface area contributed by atoms with E-state index in [4.69, 9.17) is 9.15 Å². The number of rotatable bonds is 10. The van der Waals surface area contributed by atoms with Crippen molar-refractivity contribution in [1.82, 2.24) is 5.32 Å². The molecule has 0 aliphatic heterocycles. The van der Waals surface area contributed by atoms with Crippen LogP contribution in [-0.4, -0.2) is 24.0 Å². The molecule has 3 aromatic rings. The number of nitro benzene ring substituents is 1. The Hall–Kier alpha value is -3.55. The lowest BCUT2D eigenvalue weighted by molar-refractivity contribution is -0.384. The van der Waals surface area contributed by atoms with Crippen molar-refractivity contribution in [2.45, 2.75) is 32.7 Å². The van der Waals surface area contributed by atoms with E-state index in [1.807, 2.05) is 38.1 Å². The van der Waals surface area contributed by atoms with E-state index in [0.29, 0.717) is 43.1 Å². The summed E-state index contributed by atoms with van der Waals surface area (Å²) in [4.78, 5) is 22.5. The quantitative estimate of drug-likeness (QED) is 0.282. The summed E-state index contributed by atoms with van der Waals surface area (Å²) in [5.74, 6) is 1.30. The number of nitrogens with one attached hydrogen (secondary N) is 2. The van der Waals surface area contributed by atoms with E-state index in [1.54, 1.807) is 12.1 Å². The van der Waals surface area contributed by atoms with Crippen LogP contribution in [0.2, 0.25) is 0 Å². The van der Waals surface area contributed by atoms with E-state index in [0.717, 1.165) is 11.1 Å². The highest BCUT2D eigenvalue weighted by atomic mass is 16.6. The molecule has 8 heteroatoms. The summed E-state index contributed by atoms with van der Waals surface area (Å²) in [7, 11) is 0. The Labute approximate surface area is 174 Å². The first kappa shape index (κ1) is 21.2. The molecule has 2 N–H and O–H groups in total. The molecule has 3 rings (SSSR count). The molecule has 1 atom stereocenters. The van der Waals surface area contributed by atoms with E-state index in [9.17, 15) is 14.9 Å². The van der Waals surface area contributed by atoms with Crippen molar-refractivity contribution in [2.75, 3.05) is 18.5 Å². The molecule has 2 aromatic carbocycles. The Balaban J connectivity index is 1.47. The molecular formula is C22H25N3O5. The van der Waals surface area contributed by atoms with Crippen LogP contribution in [0.3, 0.4) is 0 Å². The van der Waals surface area contributed by atoms with Crippen LogP contribution in [0.4, 0.5) is 11.4 Å². The summed E-state index contributed by atoms with van der Waals surface area (Å²) < 4.78 is 11.5. The van der Waals surface area contributed by atoms with Crippen molar-refractivity contribution in [3.63, 3.8) is 0 Å². The number of nitrogens with zero attached hydrogens (tertiary/aromatic N) is 1. The zero-order valence-corrected chi connectivity index (χ0v) is 17.0. The summed E-state index contributed by atoms with van der Waals surface area (Å²) >= 11 is 0. The summed E-state index contributed by atoms with van der Waals surface area (Å²) in [5.41, 5.74) is 1.51. The zero-order chi connectivity index (χ0) is 21.5. The molecule has 0 bridgehead atoms. The molecule has 30 heavy (non-hydrogen) atoms. The lowest BCUT2D eigenvalue weighted by atomic mass is 10.2. The number of amides is 1. The predicted octanol–water partition coefficient (Wildman–Crippen LogP) is 4.81. The maximum Gasteiger partial charge on any atom is 0.269 e. The van der Waals surface area contributed by atoms with Gasteiger partial charge in [0.15, 0.2) is 11.3 Å². The molecule has 0 aliphatic rings. The first-order valence-corrected chi connectivity index (χ1v) is 9.91. The topological polar surface area (TPSA) is 107 Å². The molecule has 0 radical (unpaired) electrons. The fraction of sp³-hybridized carbons (Fsp3) is 0.318. The minimum Gasteiger partial charge on any atom is -0.490 e. The third kappa shape index (κ3) is 5.28. The average molecular weight is 411 g/mol. The van der Waals surface area contributed by atoms with E-state index in [1.165, 1.54) is 12.1 Å². The third-order valence-corrected chi connectivity index (χ3v) is 4.62. The number of hydrogen-bond acceptors (Lipinski definition) is 6. The second-order valence-electron chi connectivity index (χ2n) is 6.88. The summed E-state index contributed by atoms with van der Waals surface area (Å²) in [6.07, 6.45) is 0.985. The second kappa shape index (κ2) is 9.78. The number of anilines is 1. The molecule has 1 heterocycles. The van der Waals surface area contributed by atoms with Gasteiger partial charge in [0.2, 0.25) is 5.91 Å². The van der Waals surface area contributed by atoms with Gasteiger partial charge in [-0.3, -0.25) is 14.9 Å². The maximum absolute atomic E-state index is 12.3. The molecular weight excluding hydrogens is 386 g/mol. The van der Waals surface area contributed by atoms with Crippen LogP contribution < -0.4 is 15.4 Å². The van der Waals surface area contributed by atoms with Gasteiger partial charge in [0.25, 0.3) is 5.69 Å². The van der Waals surface area contributed by atoms with Crippen LogP contribution in [0.5, 0.6) is 5.75 Å². The highest BCUT2D eigenvalue weighted by Gasteiger charge is 2.16. The van der Waals surface area contributed by atoms with Gasteiger partial charge >= 0.3 is 0 Å². The van der Waals surface area contributed by atoms with Gasteiger partial charge in [0.05, 0.1) is 17.6 Å². The Morgan fingerprint density at radius 1 is 1.23 bits per heavy atom. The number of carbonyl (C=O) groups excluding carboxylic acids is 1. The number of ether oxygens (including phenoxy) is 1. The number of furan rings is 1. The monoisotopic (exact) mass is 411 g/mol. The lowest BCUT2D eigenvalue weighted by Gasteiger charge is -2.12. The van der Waals surface area contributed by atoms with Crippen molar-refractivity contribution in [3.8, 4) is 5.75 Å². The molecule has 1 amide bonds. The molecule has 0 aliphatic carbocycles. The fourth-order valence-corrected chi connectivity index (χ4v) is 3.11. The Morgan fingerprint density at radius 3 is 2.70 bits per heavy atom. The number of hydrogen-bond donors (Lipinski definition) is 2. The van der Waals surface area contributed by atoms with E-state index in [-0.39, 0.29) is 17.6 Å². The molecule has 0 saturated heterocycles. The van der Waals surface area contributed by atoms with Gasteiger partial charge in [-0.25, -0.2) is 0 Å². The fourth-order valence-electron chi connectivity index (χ4n) is 3.11. The predicted molar refractivity (Wildman–Crippen MR) is 115 cm³/mol. The van der Waals surface area contributed by atoms with Crippen molar-refractivity contribution < 1.29 is 18.9 Å². The molecule has 8 nitrogen and oxygen atoms in total. The first-order chi connectivity index (χ1) is 14.5. The number of non-ortho nitro benzene ring substituents is 1. The number of benzene rings is 2.